The van der Waals surface area contributed by atoms with Crippen LogP contribution in [0.2, 0.25) is 0 Å². The van der Waals surface area contributed by atoms with Gasteiger partial charge in [-0.25, -0.2) is 9.78 Å². The summed E-state index contributed by atoms with van der Waals surface area (Å²) < 4.78 is 0. The second kappa shape index (κ2) is 5.53. The third-order valence-electron chi connectivity index (χ3n) is 2.77. The van der Waals surface area contributed by atoms with Crippen molar-refractivity contribution in [2.24, 2.45) is 0 Å². The number of carboxylic acids is 1. The van der Waals surface area contributed by atoms with Gasteiger partial charge in [-0.3, -0.25) is 15.1 Å². The molecule has 2 rings (SSSR count). The number of anilines is 2. The average molecular weight is 288 g/mol. The van der Waals surface area contributed by atoms with E-state index in [1.54, 1.807) is 19.1 Å². The van der Waals surface area contributed by atoms with Crippen LogP contribution >= 0.6 is 0 Å². The summed E-state index contributed by atoms with van der Waals surface area (Å²) in [4.78, 5) is 29.3. The first-order chi connectivity index (χ1) is 9.88. The fraction of sp³-hybridized carbons (Fsp3) is 0.154. The number of aryl methyl sites for hydroxylation is 2. The second-order valence-corrected chi connectivity index (χ2v) is 4.34. The molecule has 0 saturated carbocycles. The molecular formula is C13H12N4O4. The summed E-state index contributed by atoms with van der Waals surface area (Å²) in [5, 5.41) is 22.7. The quantitative estimate of drug-likeness (QED) is 0.655. The minimum atomic E-state index is -1.26. The van der Waals surface area contributed by atoms with Gasteiger partial charge < -0.3 is 10.4 Å². The smallest absolute Gasteiger partial charge is 0.354 e. The van der Waals surface area contributed by atoms with Crippen molar-refractivity contribution >= 4 is 23.2 Å². The maximum Gasteiger partial charge on any atom is 0.354 e. The first kappa shape index (κ1) is 14.4. The van der Waals surface area contributed by atoms with E-state index < -0.39 is 10.9 Å². The molecule has 21 heavy (non-hydrogen) atoms. The Kier molecular flexibility index (Phi) is 3.79. The van der Waals surface area contributed by atoms with Gasteiger partial charge in [-0.15, -0.1) is 0 Å². The lowest BCUT2D eigenvalue weighted by molar-refractivity contribution is -0.384. The monoisotopic (exact) mass is 288 g/mol. The van der Waals surface area contributed by atoms with Gasteiger partial charge in [0.2, 0.25) is 5.82 Å². The summed E-state index contributed by atoms with van der Waals surface area (Å²) in [7, 11) is 0. The van der Waals surface area contributed by atoms with Crippen molar-refractivity contribution in [2.75, 3.05) is 5.32 Å². The Balaban J connectivity index is 2.48. The molecule has 0 saturated heterocycles. The Morgan fingerprint density at radius 3 is 2.52 bits per heavy atom. The molecule has 0 radical (unpaired) electrons. The van der Waals surface area contributed by atoms with Crippen molar-refractivity contribution in [3.63, 3.8) is 0 Å². The van der Waals surface area contributed by atoms with Crippen LogP contribution in [0.5, 0.6) is 0 Å². The molecule has 8 nitrogen and oxygen atoms in total. The van der Waals surface area contributed by atoms with Gasteiger partial charge in [0, 0.05) is 11.8 Å². The third kappa shape index (κ3) is 3.11. The van der Waals surface area contributed by atoms with E-state index in [0.29, 0.717) is 11.4 Å². The highest BCUT2D eigenvalue weighted by Gasteiger charge is 2.19. The van der Waals surface area contributed by atoms with Crippen LogP contribution in [0.3, 0.4) is 0 Å². The Hall–Kier alpha value is -3.03. The van der Waals surface area contributed by atoms with Gasteiger partial charge in [0.05, 0.1) is 16.3 Å². The molecule has 0 spiro atoms. The Morgan fingerprint density at radius 2 is 1.95 bits per heavy atom. The summed E-state index contributed by atoms with van der Waals surface area (Å²) in [6.07, 6.45) is 0. The number of hydrogen-bond donors (Lipinski definition) is 2. The fourth-order valence-electron chi connectivity index (χ4n) is 1.76. The molecule has 2 N–H and O–H groups in total. The van der Waals surface area contributed by atoms with Gasteiger partial charge in [0.1, 0.15) is 0 Å². The van der Waals surface area contributed by atoms with Gasteiger partial charge in [0.25, 0.3) is 0 Å². The fourth-order valence-corrected chi connectivity index (χ4v) is 1.76. The van der Waals surface area contributed by atoms with E-state index in [4.69, 9.17) is 5.11 Å². The van der Waals surface area contributed by atoms with Crippen molar-refractivity contribution in [1.82, 2.24) is 9.97 Å². The van der Waals surface area contributed by atoms with E-state index in [1.165, 1.54) is 0 Å². The lowest BCUT2D eigenvalue weighted by atomic mass is 10.2. The molecule has 0 aliphatic heterocycles. The molecule has 0 aliphatic carbocycles. The molecule has 108 valence electrons. The zero-order valence-electron chi connectivity index (χ0n) is 11.3. The average Bonchev–Trinajstić information content (AvgIpc) is 2.41. The van der Waals surface area contributed by atoms with Crippen LogP contribution < -0.4 is 5.32 Å². The van der Waals surface area contributed by atoms with Crippen molar-refractivity contribution in [2.45, 2.75) is 13.8 Å². The summed E-state index contributed by atoms with van der Waals surface area (Å²) in [6.45, 7) is 3.56. The predicted octanol–water partition coefficient (Wildman–Crippen LogP) is 2.44. The van der Waals surface area contributed by atoms with Gasteiger partial charge in [0.15, 0.2) is 5.69 Å². The van der Waals surface area contributed by atoms with E-state index in [0.717, 1.165) is 17.8 Å². The number of carboxylic acid groups (broad SMARTS) is 1. The number of aromatic nitrogens is 2. The number of carbonyl (C=O) groups is 1. The Morgan fingerprint density at radius 1 is 1.24 bits per heavy atom. The van der Waals surface area contributed by atoms with Crippen LogP contribution in [0.15, 0.2) is 24.3 Å². The predicted molar refractivity (Wildman–Crippen MR) is 74.8 cm³/mol. The number of nitrogens with zero attached hydrogens (tertiary/aromatic N) is 3. The molecule has 0 aliphatic rings. The molecule has 0 bridgehead atoms. The summed E-state index contributed by atoms with van der Waals surface area (Å²) in [5.41, 5.74) is 1.38. The molecule has 0 aromatic carbocycles. The third-order valence-corrected chi connectivity index (χ3v) is 2.77. The minimum Gasteiger partial charge on any atom is -0.477 e. The summed E-state index contributed by atoms with van der Waals surface area (Å²) in [5.74, 6) is -1.39. The molecule has 8 heteroatoms. The first-order valence-corrected chi connectivity index (χ1v) is 5.98. The van der Waals surface area contributed by atoms with Crippen LogP contribution in [0.1, 0.15) is 21.9 Å². The zero-order chi connectivity index (χ0) is 15.6. The lowest BCUT2D eigenvalue weighted by Crippen LogP contribution is -2.07. The van der Waals surface area contributed by atoms with E-state index in [1.807, 2.05) is 6.92 Å². The van der Waals surface area contributed by atoms with Crippen molar-refractivity contribution in [1.29, 1.82) is 0 Å². The second-order valence-electron chi connectivity index (χ2n) is 4.34. The highest BCUT2D eigenvalue weighted by molar-refractivity contribution is 5.87. The van der Waals surface area contributed by atoms with E-state index in [9.17, 15) is 14.9 Å². The van der Waals surface area contributed by atoms with E-state index in [-0.39, 0.29) is 17.2 Å². The number of nitro groups is 1. The number of hydrogen-bond acceptors (Lipinski definition) is 6. The van der Waals surface area contributed by atoms with E-state index >= 15 is 0 Å². The van der Waals surface area contributed by atoms with E-state index in [2.05, 4.69) is 15.3 Å². The number of pyridine rings is 2. The van der Waals surface area contributed by atoms with Gasteiger partial charge >= 0.3 is 11.7 Å². The first-order valence-electron chi connectivity index (χ1n) is 5.98. The molecule has 2 aromatic rings. The highest BCUT2D eigenvalue weighted by Crippen LogP contribution is 2.27. The molecule has 0 fully saturated rings. The minimum absolute atomic E-state index is 0.131. The maximum absolute atomic E-state index is 11.0. The van der Waals surface area contributed by atoms with Crippen LogP contribution in [0.25, 0.3) is 0 Å². The molecule has 2 aromatic heterocycles. The van der Waals surface area contributed by atoms with Crippen LogP contribution in [-0.2, 0) is 0 Å². The highest BCUT2D eigenvalue weighted by atomic mass is 16.6. The molecular weight excluding hydrogens is 276 g/mol. The van der Waals surface area contributed by atoms with Crippen molar-refractivity contribution in [3.05, 3.63) is 51.5 Å². The van der Waals surface area contributed by atoms with Crippen LogP contribution in [0, 0.1) is 24.0 Å². The molecule has 0 atom stereocenters. The van der Waals surface area contributed by atoms with Crippen molar-refractivity contribution < 1.29 is 14.8 Å². The van der Waals surface area contributed by atoms with Crippen LogP contribution in [0.4, 0.5) is 17.2 Å². The zero-order valence-corrected chi connectivity index (χ0v) is 11.3. The number of rotatable bonds is 4. The molecule has 2 heterocycles. The van der Waals surface area contributed by atoms with Gasteiger partial charge in [-0.2, -0.15) is 0 Å². The van der Waals surface area contributed by atoms with Gasteiger partial charge in [-0.1, -0.05) is 0 Å². The standard InChI is InChI=1S/C13H12N4O4/c1-7-3-4-9(8(2)14-7)15-12-11(17(20)21)6-5-10(16-12)13(18)19/h3-6H,1-2H3,(H,15,16)(H,18,19). The maximum atomic E-state index is 11.0. The number of aromatic carboxylic acids is 1. The molecule has 0 unspecified atom stereocenters. The number of nitrogens with one attached hydrogen (secondary N) is 1. The SMILES string of the molecule is Cc1ccc(Nc2nc(C(=O)O)ccc2[N+](=O)[O-])c(C)n1. The van der Waals surface area contributed by atoms with Crippen LogP contribution in [-0.4, -0.2) is 26.0 Å². The largest absolute Gasteiger partial charge is 0.477 e. The topological polar surface area (TPSA) is 118 Å². The molecule has 0 amide bonds. The van der Waals surface area contributed by atoms with Crippen molar-refractivity contribution in [3.8, 4) is 0 Å². The van der Waals surface area contributed by atoms with Gasteiger partial charge in [-0.05, 0) is 32.0 Å². The normalized spacial score (nSPS) is 10.2. The Labute approximate surface area is 119 Å². The summed E-state index contributed by atoms with van der Waals surface area (Å²) >= 11 is 0. The lowest BCUT2D eigenvalue weighted by Gasteiger charge is -2.09. The Bertz CT molecular complexity index is 730. The summed E-state index contributed by atoms with van der Waals surface area (Å²) in [6, 6.07) is 5.64.